The lowest BCUT2D eigenvalue weighted by Gasteiger charge is -2.37. The van der Waals surface area contributed by atoms with Crippen LogP contribution in [0.3, 0.4) is 0 Å². The van der Waals surface area contributed by atoms with Gasteiger partial charge in [0.2, 0.25) is 0 Å². The Kier molecular flexibility index (Phi) is 2.65. The van der Waals surface area contributed by atoms with E-state index in [9.17, 15) is 5.11 Å². The number of hydrogen-bond donors (Lipinski definition) is 1. The summed E-state index contributed by atoms with van der Waals surface area (Å²) in [5.74, 6) is 1.01. The number of β-amino-alcohol motifs (C(OH)–C–C–N with tert-alkyl or cyclic N) is 1. The molecule has 0 amide bonds. The molecule has 0 radical (unpaired) electrons. The van der Waals surface area contributed by atoms with Gasteiger partial charge in [0.15, 0.2) is 0 Å². The van der Waals surface area contributed by atoms with E-state index in [1.165, 1.54) is 5.56 Å². The Hall–Kier alpha value is -0.580. The minimum atomic E-state index is -0.127. The first-order valence-corrected chi connectivity index (χ1v) is 6.35. The van der Waals surface area contributed by atoms with Gasteiger partial charge in [0, 0.05) is 30.5 Å². The number of fused-ring (bicyclic) bond motifs is 1. The van der Waals surface area contributed by atoms with Crippen LogP contribution in [0.2, 0.25) is 0 Å². The number of hydrogen-bond acceptors (Lipinski definition) is 3. The van der Waals surface area contributed by atoms with Crippen molar-refractivity contribution >= 4 is 15.9 Å². The van der Waals surface area contributed by atoms with Crippen LogP contribution in [0.5, 0.6) is 5.75 Å². The Morgan fingerprint density at radius 2 is 2.25 bits per heavy atom. The van der Waals surface area contributed by atoms with Crippen LogP contribution in [0.15, 0.2) is 22.7 Å². The molecule has 0 aliphatic carbocycles. The summed E-state index contributed by atoms with van der Waals surface area (Å²) < 4.78 is 6.97. The topological polar surface area (TPSA) is 32.7 Å². The fraction of sp³-hybridized carbons (Fsp3) is 0.500. The zero-order valence-corrected chi connectivity index (χ0v) is 10.5. The van der Waals surface area contributed by atoms with E-state index in [-0.39, 0.29) is 12.2 Å². The van der Waals surface area contributed by atoms with Crippen LogP contribution in [0.25, 0.3) is 0 Å². The van der Waals surface area contributed by atoms with Gasteiger partial charge in [-0.25, -0.2) is 0 Å². The number of rotatable bonds is 2. The summed E-state index contributed by atoms with van der Waals surface area (Å²) in [5, 5.41) is 9.21. The third-order valence-electron chi connectivity index (χ3n) is 3.16. The standard InChI is InChI=1S/C12H14BrNO2/c13-9-1-2-12-8(3-9)4-11(16-12)7-14-5-10(15)6-14/h1-3,10-11,15H,4-7H2. The summed E-state index contributed by atoms with van der Waals surface area (Å²) in [6.45, 7) is 2.50. The van der Waals surface area contributed by atoms with Crippen LogP contribution in [0.4, 0.5) is 0 Å². The molecule has 2 aliphatic rings. The van der Waals surface area contributed by atoms with Gasteiger partial charge in [0.25, 0.3) is 0 Å². The molecule has 1 unspecified atom stereocenters. The van der Waals surface area contributed by atoms with Crippen molar-refractivity contribution in [1.82, 2.24) is 4.90 Å². The van der Waals surface area contributed by atoms with Crippen molar-refractivity contribution in [3.63, 3.8) is 0 Å². The highest BCUT2D eigenvalue weighted by Crippen LogP contribution is 2.31. The van der Waals surface area contributed by atoms with Crippen molar-refractivity contribution in [2.45, 2.75) is 18.6 Å². The van der Waals surface area contributed by atoms with E-state index < -0.39 is 0 Å². The van der Waals surface area contributed by atoms with Gasteiger partial charge in [0.05, 0.1) is 6.10 Å². The lowest BCUT2D eigenvalue weighted by Crippen LogP contribution is -2.53. The van der Waals surface area contributed by atoms with Crippen molar-refractivity contribution in [3.8, 4) is 5.75 Å². The van der Waals surface area contributed by atoms with E-state index >= 15 is 0 Å². The van der Waals surface area contributed by atoms with Crippen molar-refractivity contribution in [3.05, 3.63) is 28.2 Å². The number of aliphatic hydroxyl groups is 1. The SMILES string of the molecule is OC1CN(CC2Cc3cc(Br)ccc3O2)C1. The van der Waals surface area contributed by atoms with Crippen LogP contribution in [0, 0.1) is 0 Å². The summed E-state index contributed by atoms with van der Waals surface area (Å²) >= 11 is 3.47. The quantitative estimate of drug-likeness (QED) is 0.891. The molecule has 0 aromatic heterocycles. The maximum Gasteiger partial charge on any atom is 0.123 e. The Balaban J connectivity index is 1.62. The molecule has 1 saturated heterocycles. The number of aliphatic hydroxyl groups excluding tert-OH is 1. The first kappa shape index (κ1) is 10.6. The number of ether oxygens (including phenoxy) is 1. The molecule has 86 valence electrons. The molecule has 1 aromatic carbocycles. The molecule has 0 saturated carbocycles. The fourth-order valence-corrected chi connectivity index (χ4v) is 2.78. The van der Waals surface area contributed by atoms with E-state index in [0.717, 1.165) is 36.3 Å². The summed E-state index contributed by atoms with van der Waals surface area (Å²) in [6.07, 6.45) is 1.09. The van der Waals surface area contributed by atoms with Gasteiger partial charge in [0.1, 0.15) is 11.9 Å². The Morgan fingerprint density at radius 3 is 3.00 bits per heavy atom. The first-order chi connectivity index (χ1) is 7.70. The Morgan fingerprint density at radius 1 is 1.44 bits per heavy atom. The summed E-state index contributed by atoms with van der Waals surface area (Å²) in [5.41, 5.74) is 1.28. The molecular weight excluding hydrogens is 270 g/mol. The lowest BCUT2D eigenvalue weighted by atomic mass is 10.1. The first-order valence-electron chi connectivity index (χ1n) is 5.56. The van der Waals surface area contributed by atoms with E-state index in [0.29, 0.717) is 0 Å². The van der Waals surface area contributed by atoms with E-state index in [2.05, 4.69) is 26.9 Å². The van der Waals surface area contributed by atoms with Crippen LogP contribution in [0.1, 0.15) is 5.56 Å². The molecule has 2 aliphatic heterocycles. The second-order valence-corrected chi connectivity index (χ2v) is 5.48. The molecule has 1 aromatic rings. The molecule has 1 atom stereocenters. The van der Waals surface area contributed by atoms with Crippen LogP contribution in [-0.4, -0.2) is 41.8 Å². The third kappa shape index (κ3) is 1.97. The average molecular weight is 284 g/mol. The van der Waals surface area contributed by atoms with Gasteiger partial charge in [-0.2, -0.15) is 0 Å². The molecule has 1 N–H and O–H groups in total. The predicted molar refractivity (Wildman–Crippen MR) is 64.7 cm³/mol. The minimum Gasteiger partial charge on any atom is -0.488 e. The van der Waals surface area contributed by atoms with Crippen LogP contribution in [-0.2, 0) is 6.42 Å². The highest BCUT2D eigenvalue weighted by atomic mass is 79.9. The maximum atomic E-state index is 9.21. The monoisotopic (exact) mass is 283 g/mol. The fourth-order valence-electron chi connectivity index (χ4n) is 2.37. The zero-order chi connectivity index (χ0) is 11.1. The van der Waals surface area contributed by atoms with Crippen LogP contribution >= 0.6 is 15.9 Å². The summed E-state index contributed by atoms with van der Waals surface area (Å²) in [7, 11) is 0. The smallest absolute Gasteiger partial charge is 0.123 e. The summed E-state index contributed by atoms with van der Waals surface area (Å²) in [6, 6.07) is 6.15. The Bertz CT molecular complexity index is 404. The molecule has 2 heterocycles. The van der Waals surface area contributed by atoms with E-state index in [1.807, 2.05) is 12.1 Å². The third-order valence-corrected chi connectivity index (χ3v) is 3.66. The molecule has 16 heavy (non-hydrogen) atoms. The van der Waals surface area contributed by atoms with Gasteiger partial charge in [-0.05, 0) is 23.8 Å². The molecule has 1 fully saturated rings. The van der Waals surface area contributed by atoms with Gasteiger partial charge in [-0.3, -0.25) is 4.90 Å². The minimum absolute atomic E-state index is 0.127. The number of likely N-dealkylation sites (tertiary alicyclic amines) is 1. The molecule has 3 rings (SSSR count). The van der Waals surface area contributed by atoms with E-state index in [4.69, 9.17) is 4.74 Å². The normalized spacial score (nSPS) is 25.0. The zero-order valence-electron chi connectivity index (χ0n) is 8.90. The van der Waals surface area contributed by atoms with Gasteiger partial charge < -0.3 is 9.84 Å². The highest BCUT2D eigenvalue weighted by Gasteiger charge is 2.30. The number of nitrogens with zero attached hydrogens (tertiary/aromatic N) is 1. The highest BCUT2D eigenvalue weighted by molar-refractivity contribution is 9.10. The average Bonchev–Trinajstić information content (AvgIpc) is 2.57. The summed E-state index contributed by atoms with van der Waals surface area (Å²) in [4.78, 5) is 2.23. The van der Waals surface area contributed by atoms with Crippen LogP contribution < -0.4 is 4.74 Å². The van der Waals surface area contributed by atoms with Crippen molar-refractivity contribution in [1.29, 1.82) is 0 Å². The molecule has 0 spiro atoms. The second kappa shape index (κ2) is 4.02. The van der Waals surface area contributed by atoms with Crippen molar-refractivity contribution in [2.75, 3.05) is 19.6 Å². The Labute approximate surface area is 103 Å². The van der Waals surface area contributed by atoms with Gasteiger partial charge in [-0.15, -0.1) is 0 Å². The van der Waals surface area contributed by atoms with Crippen molar-refractivity contribution < 1.29 is 9.84 Å². The second-order valence-electron chi connectivity index (χ2n) is 4.57. The lowest BCUT2D eigenvalue weighted by molar-refractivity contribution is -0.0146. The molecule has 4 heteroatoms. The van der Waals surface area contributed by atoms with Crippen molar-refractivity contribution in [2.24, 2.45) is 0 Å². The molecular formula is C12H14BrNO2. The van der Waals surface area contributed by atoms with E-state index in [1.54, 1.807) is 0 Å². The maximum absolute atomic E-state index is 9.21. The van der Waals surface area contributed by atoms with Gasteiger partial charge in [-0.1, -0.05) is 15.9 Å². The largest absolute Gasteiger partial charge is 0.488 e. The van der Waals surface area contributed by atoms with Gasteiger partial charge >= 0.3 is 0 Å². The number of halogens is 1. The predicted octanol–water partition coefficient (Wildman–Crippen LogP) is 1.43. The number of benzene rings is 1. The molecule has 3 nitrogen and oxygen atoms in total. The molecule has 0 bridgehead atoms.